The second-order valence-electron chi connectivity index (χ2n) is 6.98. The van der Waals surface area contributed by atoms with Crippen LogP contribution in [-0.4, -0.2) is 9.66 Å². The van der Waals surface area contributed by atoms with Crippen LogP contribution >= 0.6 is 0 Å². The van der Waals surface area contributed by atoms with Crippen molar-refractivity contribution < 1.29 is 0 Å². The number of rotatable bonds is 2. The smallest absolute Gasteiger partial charge is 0.146 e. The fraction of sp³-hybridized carbons (Fsp3) is 0.800. The highest BCUT2D eigenvalue weighted by Gasteiger charge is 2.50. The summed E-state index contributed by atoms with van der Waals surface area (Å²) in [6.45, 7) is 2.09. The number of nitrogens with zero attached hydrogens (tertiary/aromatic N) is 2. The van der Waals surface area contributed by atoms with Crippen molar-refractivity contribution in [1.29, 1.82) is 0 Å². The summed E-state index contributed by atoms with van der Waals surface area (Å²) in [7, 11) is 0. The van der Waals surface area contributed by atoms with Crippen molar-refractivity contribution in [2.75, 3.05) is 11.6 Å². The summed E-state index contributed by atoms with van der Waals surface area (Å²) >= 11 is 0. The minimum absolute atomic E-state index is 0.586. The maximum Gasteiger partial charge on any atom is 0.146 e. The highest BCUT2D eigenvalue weighted by Crippen LogP contribution is 2.60. The Hall–Kier alpha value is -1.19. The second kappa shape index (κ2) is 3.90. The van der Waals surface area contributed by atoms with Crippen molar-refractivity contribution in [3.05, 3.63) is 11.5 Å². The summed E-state index contributed by atoms with van der Waals surface area (Å²) in [5, 5.41) is 0. The maximum absolute atomic E-state index is 6.23. The van der Waals surface area contributed by atoms with Crippen molar-refractivity contribution in [2.45, 2.75) is 51.4 Å². The van der Waals surface area contributed by atoms with Crippen LogP contribution in [-0.2, 0) is 6.42 Å². The average molecular weight is 260 g/mol. The molecule has 1 aromatic rings. The van der Waals surface area contributed by atoms with Gasteiger partial charge in [0.15, 0.2) is 0 Å². The van der Waals surface area contributed by atoms with Gasteiger partial charge in [-0.3, -0.25) is 0 Å². The van der Waals surface area contributed by atoms with Crippen LogP contribution in [0.25, 0.3) is 0 Å². The summed E-state index contributed by atoms with van der Waals surface area (Å²) in [5.74, 6) is 11.9. The first-order valence-electron chi connectivity index (χ1n) is 7.79. The van der Waals surface area contributed by atoms with E-state index < -0.39 is 0 Å². The van der Waals surface area contributed by atoms with E-state index in [1.807, 2.05) is 0 Å². The molecule has 1 heterocycles. The number of nitrogens with two attached hydrogens (primary N) is 2. The Morgan fingerprint density at radius 2 is 1.68 bits per heavy atom. The van der Waals surface area contributed by atoms with Gasteiger partial charge in [0, 0.05) is 12.3 Å². The molecule has 0 spiro atoms. The van der Waals surface area contributed by atoms with Crippen LogP contribution in [0.4, 0.5) is 5.82 Å². The first-order valence-corrected chi connectivity index (χ1v) is 7.79. The summed E-state index contributed by atoms with van der Waals surface area (Å²) in [6, 6.07) is 0. The molecule has 4 saturated carbocycles. The molecule has 5 rings (SSSR count). The summed E-state index contributed by atoms with van der Waals surface area (Å²) < 4.78 is 1.61. The molecule has 0 radical (unpaired) electrons. The molecule has 4 N–H and O–H groups in total. The molecule has 1 aromatic heterocycles. The monoisotopic (exact) mass is 260 g/mol. The highest BCUT2D eigenvalue weighted by molar-refractivity contribution is 5.42. The van der Waals surface area contributed by atoms with Gasteiger partial charge < -0.3 is 11.6 Å². The SMILES string of the molecule is CCc1nc(C2C3CC4CC(C3)CC2C4)c(N)n1N. The van der Waals surface area contributed by atoms with Crippen molar-refractivity contribution in [3.63, 3.8) is 0 Å². The standard InChI is InChI=1S/C15H24N4/c1-2-12-18-14(15(16)19(12)17)13-10-4-8-3-9(6-10)7-11(13)5-8/h8-11,13H,2-7,16-17H2,1H3. The second-order valence-corrected chi connectivity index (χ2v) is 6.98. The van der Waals surface area contributed by atoms with E-state index >= 15 is 0 Å². The number of aryl methyl sites for hydroxylation is 1. The van der Waals surface area contributed by atoms with Gasteiger partial charge in [-0.05, 0) is 55.8 Å². The normalized spacial score (nSPS) is 39.9. The number of anilines is 1. The zero-order valence-electron chi connectivity index (χ0n) is 11.7. The number of hydrogen-bond donors (Lipinski definition) is 2. The molecule has 4 heteroatoms. The zero-order chi connectivity index (χ0) is 13.1. The lowest BCUT2D eigenvalue weighted by atomic mass is 9.51. The van der Waals surface area contributed by atoms with E-state index in [1.54, 1.807) is 4.68 Å². The lowest BCUT2D eigenvalue weighted by molar-refractivity contribution is -0.00381. The van der Waals surface area contributed by atoms with E-state index in [9.17, 15) is 0 Å². The average Bonchev–Trinajstić information content (AvgIpc) is 2.66. The van der Waals surface area contributed by atoms with E-state index in [-0.39, 0.29) is 0 Å². The van der Waals surface area contributed by atoms with E-state index in [0.717, 1.165) is 41.6 Å². The van der Waals surface area contributed by atoms with Crippen molar-refractivity contribution in [3.8, 4) is 0 Å². The summed E-state index contributed by atoms with van der Waals surface area (Å²) in [4.78, 5) is 4.79. The van der Waals surface area contributed by atoms with Crippen LogP contribution in [0.3, 0.4) is 0 Å². The summed E-state index contributed by atoms with van der Waals surface area (Å²) in [5.41, 5.74) is 7.35. The van der Waals surface area contributed by atoms with Crippen molar-refractivity contribution in [2.24, 2.45) is 23.7 Å². The van der Waals surface area contributed by atoms with Gasteiger partial charge >= 0.3 is 0 Å². The third-order valence-corrected chi connectivity index (χ3v) is 5.91. The molecule has 4 fully saturated rings. The predicted molar refractivity (Wildman–Crippen MR) is 76.0 cm³/mol. The topological polar surface area (TPSA) is 69.9 Å². The third-order valence-electron chi connectivity index (χ3n) is 5.91. The van der Waals surface area contributed by atoms with Gasteiger partial charge in [-0.15, -0.1) is 0 Å². The lowest BCUT2D eigenvalue weighted by Gasteiger charge is -2.54. The van der Waals surface area contributed by atoms with Gasteiger partial charge in [-0.1, -0.05) is 6.92 Å². The first kappa shape index (κ1) is 11.6. The zero-order valence-corrected chi connectivity index (χ0v) is 11.7. The number of aromatic nitrogens is 2. The minimum atomic E-state index is 0.586. The first-order chi connectivity index (χ1) is 9.17. The van der Waals surface area contributed by atoms with Gasteiger partial charge in [-0.2, -0.15) is 0 Å². The van der Waals surface area contributed by atoms with E-state index in [0.29, 0.717) is 11.7 Å². The lowest BCUT2D eigenvalue weighted by Crippen LogP contribution is -2.44. The number of nitrogen functional groups attached to an aromatic ring is 2. The van der Waals surface area contributed by atoms with Gasteiger partial charge in [-0.25, -0.2) is 9.66 Å². The van der Waals surface area contributed by atoms with Gasteiger partial charge in [0.05, 0.1) is 5.69 Å². The molecule has 0 aliphatic heterocycles. The van der Waals surface area contributed by atoms with Crippen LogP contribution < -0.4 is 11.6 Å². The molecule has 0 aromatic carbocycles. The van der Waals surface area contributed by atoms with Crippen LogP contribution in [0, 0.1) is 23.7 Å². The Morgan fingerprint density at radius 1 is 1.11 bits per heavy atom. The fourth-order valence-electron chi connectivity index (χ4n) is 5.38. The van der Waals surface area contributed by atoms with Crippen LogP contribution in [0.5, 0.6) is 0 Å². The quantitative estimate of drug-likeness (QED) is 0.801. The van der Waals surface area contributed by atoms with Gasteiger partial charge in [0.25, 0.3) is 0 Å². The molecular weight excluding hydrogens is 236 g/mol. The minimum Gasteiger partial charge on any atom is -0.382 e. The van der Waals surface area contributed by atoms with Gasteiger partial charge in [0.2, 0.25) is 0 Å². The number of imidazole rings is 1. The van der Waals surface area contributed by atoms with Crippen LogP contribution in [0.2, 0.25) is 0 Å². The highest BCUT2D eigenvalue weighted by atomic mass is 15.4. The fourth-order valence-corrected chi connectivity index (χ4v) is 5.38. The molecular formula is C15H24N4. The molecule has 4 aliphatic carbocycles. The van der Waals surface area contributed by atoms with E-state index in [2.05, 4.69) is 6.92 Å². The Bertz CT molecular complexity index is 476. The Kier molecular flexibility index (Phi) is 2.39. The largest absolute Gasteiger partial charge is 0.382 e. The molecule has 19 heavy (non-hydrogen) atoms. The molecule has 0 unspecified atom stereocenters. The Morgan fingerprint density at radius 3 is 2.16 bits per heavy atom. The van der Waals surface area contributed by atoms with Gasteiger partial charge in [0.1, 0.15) is 11.6 Å². The Balaban J connectivity index is 1.73. The number of hydrogen-bond acceptors (Lipinski definition) is 3. The van der Waals surface area contributed by atoms with E-state index in [1.165, 1.54) is 32.1 Å². The molecule has 0 saturated heterocycles. The predicted octanol–water partition coefficient (Wildman–Crippen LogP) is 2.28. The molecule has 104 valence electrons. The molecule has 4 nitrogen and oxygen atoms in total. The summed E-state index contributed by atoms with van der Waals surface area (Å²) in [6.07, 6.45) is 7.94. The van der Waals surface area contributed by atoms with Crippen molar-refractivity contribution in [1.82, 2.24) is 9.66 Å². The molecule has 0 atom stereocenters. The van der Waals surface area contributed by atoms with Crippen LogP contribution in [0.1, 0.15) is 56.5 Å². The third kappa shape index (κ3) is 1.55. The molecule has 4 aliphatic rings. The van der Waals surface area contributed by atoms with E-state index in [4.69, 9.17) is 16.6 Å². The maximum atomic E-state index is 6.23. The van der Waals surface area contributed by atoms with Crippen LogP contribution in [0.15, 0.2) is 0 Å². The Labute approximate surface area is 114 Å². The molecule has 0 amide bonds. The van der Waals surface area contributed by atoms with Crippen molar-refractivity contribution >= 4 is 5.82 Å². The molecule has 4 bridgehead atoms.